The zero-order chi connectivity index (χ0) is 13.1. The monoisotopic (exact) mass is 254 g/mol. The third kappa shape index (κ3) is 2.10. The Morgan fingerprint density at radius 3 is 2.28 bits per heavy atom. The normalized spacial score (nSPS) is 10.0. The molecule has 0 aromatic carbocycles. The molecule has 2 heterocycles. The minimum atomic E-state index is -1.03. The third-order valence-electron chi connectivity index (χ3n) is 1.49. The van der Waals surface area contributed by atoms with E-state index < -0.39 is 21.7 Å². The standard InChI is InChI=1S/C4N9O5/c14-12(15)4-7-5-2(6-8-4)1-3(9-13(16)17)11-18-10-1/q-1. The summed E-state index contributed by atoms with van der Waals surface area (Å²) in [6.07, 6.45) is 0. The minimum absolute atomic E-state index is 0.304. The van der Waals surface area contributed by atoms with Gasteiger partial charge in [-0.2, -0.15) is 0 Å². The van der Waals surface area contributed by atoms with Crippen molar-refractivity contribution in [1.82, 2.24) is 30.7 Å². The molecule has 0 N–H and O–H groups in total. The van der Waals surface area contributed by atoms with Crippen molar-refractivity contribution >= 4 is 11.8 Å². The molecular weight excluding hydrogens is 254 g/mol. The van der Waals surface area contributed by atoms with Gasteiger partial charge in [0.15, 0.2) is 5.69 Å². The van der Waals surface area contributed by atoms with Crippen LogP contribution in [-0.4, -0.2) is 40.7 Å². The first kappa shape index (κ1) is 11.2. The van der Waals surface area contributed by atoms with Gasteiger partial charge in [-0.1, -0.05) is 5.16 Å². The summed E-state index contributed by atoms with van der Waals surface area (Å²) < 4.78 is 4.21. The van der Waals surface area contributed by atoms with Crippen LogP contribution < -0.4 is 0 Å². The summed E-state index contributed by atoms with van der Waals surface area (Å²) in [5.74, 6) is -1.68. The van der Waals surface area contributed by atoms with E-state index in [1.165, 1.54) is 0 Å². The van der Waals surface area contributed by atoms with E-state index in [-0.39, 0.29) is 11.5 Å². The molecule has 2 rings (SSSR count). The molecule has 0 amide bonds. The number of aromatic nitrogens is 6. The molecule has 0 aliphatic carbocycles. The molecule has 14 heteroatoms. The largest absolute Gasteiger partial charge is 0.513 e. The Morgan fingerprint density at radius 1 is 1.06 bits per heavy atom. The summed E-state index contributed by atoms with van der Waals surface area (Å²) in [4.78, 5) is 19.5. The highest BCUT2D eigenvalue weighted by atomic mass is 16.7. The van der Waals surface area contributed by atoms with Crippen LogP contribution in [0, 0.1) is 20.2 Å². The lowest BCUT2D eigenvalue weighted by Gasteiger charge is -1.98. The average molecular weight is 254 g/mol. The smallest absolute Gasteiger partial charge is 0.390 e. The molecule has 0 fully saturated rings. The molecule has 0 spiro atoms. The van der Waals surface area contributed by atoms with Gasteiger partial charge in [0.05, 0.1) is 21.0 Å². The van der Waals surface area contributed by atoms with E-state index in [1.807, 2.05) is 0 Å². The SMILES string of the molecule is O=[N+]([O-])[N-]c1nonc1-c1nnc([N+](=O)[O-])nn1. The van der Waals surface area contributed by atoms with Crippen molar-refractivity contribution < 1.29 is 14.6 Å². The average Bonchev–Trinajstić information content (AvgIpc) is 2.76. The Bertz CT molecular complexity index is 591. The molecule has 0 aliphatic rings. The van der Waals surface area contributed by atoms with Crippen molar-refractivity contribution in [3.05, 3.63) is 25.7 Å². The Balaban J connectivity index is 2.34. The van der Waals surface area contributed by atoms with E-state index in [0.29, 0.717) is 0 Å². The predicted molar refractivity (Wildman–Crippen MR) is 47.6 cm³/mol. The summed E-state index contributed by atoms with van der Waals surface area (Å²) in [5, 5.41) is 38.6. The molecule has 0 aliphatic heterocycles. The van der Waals surface area contributed by atoms with Crippen LogP contribution in [0.2, 0.25) is 0 Å². The van der Waals surface area contributed by atoms with Gasteiger partial charge in [0.25, 0.3) is 5.82 Å². The van der Waals surface area contributed by atoms with Crippen LogP contribution in [0.25, 0.3) is 16.9 Å². The van der Waals surface area contributed by atoms with Crippen LogP contribution in [-0.2, 0) is 0 Å². The molecule has 0 bridgehead atoms. The Labute approximate surface area is 95.3 Å². The highest BCUT2D eigenvalue weighted by molar-refractivity contribution is 5.64. The fraction of sp³-hybridized carbons (Fsp3) is 0. The van der Waals surface area contributed by atoms with Gasteiger partial charge in [-0.25, -0.2) is 0 Å². The summed E-state index contributed by atoms with van der Waals surface area (Å²) >= 11 is 0. The van der Waals surface area contributed by atoms with Gasteiger partial charge in [-0.05, 0) is 15.1 Å². The molecule has 0 saturated heterocycles. The molecule has 92 valence electrons. The van der Waals surface area contributed by atoms with Crippen molar-refractivity contribution in [3.63, 3.8) is 0 Å². The van der Waals surface area contributed by atoms with Crippen LogP contribution in [0.15, 0.2) is 4.63 Å². The Morgan fingerprint density at radius 2 is 1.72 bits per heavy atom. The molecule has 18 heavy (non-hydrogen) atoms. The van der Waals surface area contributed by atoms with Crippen molar-refractivity contribution in [3.8, 4) is 11.5 Å². The number of nitro groups is 2. The molecule has 0 radical (unpaired) electrons. The van der Waals surface area contributed by atoms with Gasteiger partial charge in [0, 0.05) is 0 Å². The van der Waals surface area contributed by atoms with Crippen LogP contribution in [0.1, 0.15) is 0 Å². The quantitative estimate of drug-likeness (QED) is 0.500. The first-order chi connectivity index (χ1) is 8.58. The van der Waals surface area contributed by atoms with E-state index in [0.717, 1.165) is 0 Å². The minimum Gasteiger partial charge on any atom is -0.390 e. The van der Waals surface area contributed by atoms with Crippen LogP contribution in [0.5, 0.6) is 0 Å². The third-order valence-corrected chi connectivity index (χ3v) is 1.49. The van der Waals surface area contributed by atoms with E-state index in [4.69, 9.17) is 0 Å². The first-order valence-corrected chi connectivity index (χ1v) is 3.98. The molecule has 2 aromatic heterocycles. The summed E-state index contributed by atoms with van der Waals surface area (Å²) in [6, 6.07) is 0. The zero-order valence-corrected chi connectivity index (χ0v) is 8.07. The second kappa shape index (κ2) is 4.28. The molecule has 2 aromatic rings. The summed E-state index contributed by atoms with van der Waals surface area (Å²) in [7, 11) is 0. The highest BCUT2D eigenvalue weighted by Gasteiger charge is 2.18. The second-order valence-corrected chi connectivity index (χ2v) is 2.55. The molecule has 0 atom stereocenters. The lowest BCUT2D eigenvalue weighted by molar-refractivity contribution is -0.419. The van der Waals surface area contributed by atoms with Gasteiger partial charge in [-0.15, -0.1) is 5.43 Å². The second-order valence-electron chi connectivity index (χ2n) is 2.55. The first-order valence-electron chi connectivity index (χ1n) is 3.98. The van der Waals surface area contributed by atoms with E-state index in [1.54, 1.807) is 0 Å². The van der Waals surface area contributed by atoms with Gasteiger partial charge in [0.1, 0.15) is 0 Å². The maximum atomic E-state index is 10.3. The van der Waals surface area contributed by atoms with E-state index in [2.05, 4.69) is 40.8 Å². The fourth-order valence-corrected chi connectivity index (χ4v) is 0.860. The van der Waals surface area contributed by atoms with E-state index >= 15 is 0 Å². The van der Waals surface area contributed by atoms with Crippen LogP contribution in [0.4, 0.5) is 11.8 Å². The zero-order valence-electron chi connectivity index (χ0n) is 8.07. The number of hydrogen-bond acceptors (Lipinski definition) is 11. The van der Waals surface area contributed by atoms with Crippen LogP contribution >= 0.6 is 0 Å². The highest BCUT2D eigenvalue weighted by Crippen LogP contribution is 2.26. The maximum absolute atomic E-state index is 10.3. The molecular formula is C4N9O5-. The van der Waals surface area contributed by atoms with Gasteiger partial charge in [-0.3, -0.25) is 15.3 Å². The van der Waals surface area contributed by atoms with Crippen LogP contribution in [0.3, 0.4) is 0 Å². The van der Waals surface area contributed by atoms with Crippen molar-refractivity contribution in [2.45, 2.75) is 0 Å². The number of nitrogens with zero attached hydrogens (tertiary/aromatic N) is 9. The van der Waals surface area contributed by atoms with Gasteiger partial charge in [0.2, 0.25) is 0 Å². The Hall–Kier alpha value is -3.32. The fourth-order valence-electron chi connectivity index (χ4n) is 0.860. The molecule has 0 saturated carbocycles. The lowest BCUT2D eigenvalue weighted by atomic mass is 10.4. The Kier molecular flexibility index (Phi) is 2.65. The lowest BCUT2D eigenvalue weighted by Crippen LogP contribution is -2.03. The van der Waals surface area contributed by atoms with Gasteiger partial charge >= 0.3 is 5.95 Å². The van der Waals surface area contributed by atoms with E-state index in [9.17, 15) is 20.2 Å². The van der Waals surface area contributed by atoms with Crippen molar-refractivity contribution in [2.24, 2.45) is 0 Å². The molecule has 14 nitrogen and oxygen atoms in total. The topological polar surface area (TPSA) is 191 Å². The number of hydrogen-bond donors (Lipinski definition) is 0. The number of rotatable bonds is 4. The summed E-state index contributed by atoms with van der Waals surface area (Å²) in [6.45, 7) is 0. The summed E-state index contributed by atoms with van der Waals surface area (Å²) in [5.41, 5.74) is 2.53. The predicted octanol–water partition coefficient (Wildman–Crippen LogP) is -0.578. The molecule has 0 unspecified atom stereocenters. The van der Waals surface area contributed by atoms with Crippen molar-refractivity contribution in [1.29, 1.82) is 0 Å². The maximum Gasteiger partial charge on any atom is 0.513 e. The van der Waals surface area contributed by atoms with Gasteiger partial charge < -0.3 is 14.7 Å². The van der Waals surface area contributed by atoms with Crippen molar-refractivity contribution in [2.75, 3.05) is 0 Å².